The number of rotatable bonds is 1. The van der Waals surface area contributed by atoms with E-state index in [9.17, 15) is 4.79 Å². The van der Waals surface area contributed by atoms with E-state index in [1.807, 2.05) is 11.0 Å². The molecular weight excluding hydrogens is 224 g/mol. The lowest BCUT2D eigenvalue weighted by molar-refractivity contribution is -0.122. The summed E-state index contributed by atoms with van der Waals surface area (Å²) >= 11 is 0. The minimum absolute atomic E-state index is 0.0937. The molecule has 1 aromatic carbocycles. The van der Waals surface area contributed by atoms with Crippen molar-refractivity contribution in [3.63, 3.8) is 0 Å². The fraction of sp³-hybridized carbons (Fsp3) is 0.533. The number of para-hydroxylation sites is 1. The van der Waals surface area contributed by atoms with E-state index in [1.165, 1.54) is 5.56 Å². The highest BCUT2D eigenvalue weighted by Crippen LogP contribution is 2.29. The van der Waals surface area contributed by atoms with Crippen LogP contribution in [0, 0.1) is 0 Å². The molecule has 3 heteroatoms. The summed E-state index contributed by atoms with van der Waals surface area (Å²) in [5.41, 5.74) is 2.45. The number of benzene rings is 1. The highest BCUT2D eigenvalue weighted by Gasteiger charge is 2.33. The fourth-order valence-corrected chi connectivity index (χ4v) is 3.16. The van der Waals surface area contributed by atoms with Gasteiger partial charge in [0.25, 0.3) is 0 Å². The molecule has 1 unspecified atom stereocenters. The number of carbonyl (C=O) groups excluding carboxylic acids is 1. The largest absolute Gasteiger partial charge is 0.311 e. The summed E-state index contributed by atoms with van der Waals surface area (Å²) < 4.78 is 0. The molecule has 0 aromatic heterocycles. The third-order valence-corrected chi connectivity index (χ3v) is 4.18. The average molecular weight is 244 g/mol. The van der Waals surface area contributed by atoms with E-state index in [1.54, 1.807) is 0 Å². The number of carbonyl (C=O) groups is 1. The van der Waals surface area contributed by atoms with Crippen molar-refractivity contribution in [1.29, 1.82) is 0 Å². The first-order chi connectivity index (χ1) is 8.77. The Kier molecular flexibility index (Phi) is 3.08. The lowest BCUT2D eigenvalue weighted by atomic mass is 10.0. The van der Waals surface area contributed by atoms with Crippen LogP contribution in [-0.4, -0.2) is 37.0 Å². The summed E-state index contributed by atoms with van der Waals surface area (Å²) in [7, 11) is 2.06. The monoisotopic (exact) mass is 244 g/mol. The average Bonchev–Trinajstić information content (AvgIpc) is 2.83. The Morgan fingerprint density at radius 2 is 2.06 bits per heavy atom. The molecule has 1 aromatic rings. The first kappa shape index (κ1) is 11.7. The zero-order valence-electron chi connectivity index (χ0n) is 10.9. The molecule has 0 spiro atoms. The van der Waals surface area contributed by atoms with Crippen molar-refractivity contribution in [3.05, 3.63) is 29.8 Å². The molecule has 18 heavy (non-hydrogen) atoms. The molecule has 2 aliphatic heterocycles. The van der Waals surface area contributed by atoms with Crippen LogP contribution in [0.5, 0.6) is 0 Å². The van der Waals surface area contributed by atoms with Crippen LogP contribution in [0.4, 0.5) is 5.69 Å². The van der Waals surface area contributed by atoms with Crippen LogP contribution in [0.2, 0.25) is 0 Å². The summed E-state index contributed by atoms with van der Waals surface area (Å²) in [6.45, 7) is 1.92. The maximum Gasteiger partial charge on any atom is 0.244 e. The van der Waals surface area contributed by atoms with Gasteiger partial charge in [-0.1, -0.05) is 18.2 Å². The molecule has 0 bridgehead atoms. The van der Waals surface area contributed by atoms with Crippen LogP contribution >= 0.6 is 0 Å². The molecule has 0 aliphatic carbocycles. The molecule has 2 aliphatic rings. The normalized spacial score (nSPS) is 24.1. The van der Waals surface area contributed by atoms with Crippen LogP contribution in [-0.2, 0) is 11.2 Å². The molecule has 0 radical (unpaired) electrons. The lowest BCUT2D eigenvalue weighted by Crippen LogP contribution is -2.46. The first-order valence-corrected chi connectivity index (χ1v) is 6.87. The molecule has 1 saturated heterocycles. The molecule has 2 heterocycles. The van der Waals surface area contributed by atoms with Gasteiger partial charge in [-0.15, -0.1) is 0 Å². The van der Waals surface area contributed by atoms with Crippen molar-refractivity contribution in [3.8, 4) is 0 Å². The zero-order chi connectivity index (χ0) is 12.5. The minimum atomic E-state index is 0.0937. The zero-order valence-corrected chi connectivity index (χ0v) is 10.9. The van der Waals surface area contributed by atoms with Gasteiger partial charge in [0.05, 0.1) is 6.04 Å². The number of fused-ring (bicyclic) bond motifs is 1. The number of nitrogens with zero attached hydrogens (tertiary/aromatic N) is 2. The molecule has 1 atom stereocenters. The molecule has 1 fully saturated rings. The van der Waals surface area contributed by atoms with Crippen molar-refractivity contribution in [2.45, 2.75) is 31.7 Å². The number of amides is 1. The van der Waals surface area contributed by atoms with Gasteiger partial charge in [-0.2, -0.15) is 0 Å². The van der Waals surface area contributed by atoms with Gasteiger partial charge in [-0.3, -0.25) is 9.69 Å². The molecule has 1 amide bonds. The van der Waals surface area contributed by atoms with Crippen molar-refractivity contribution in [1.82, 2.24) is 4.90 Å². The summed E-state index contributed by atoms with van der Waals surface area (Å²) in [5, 5.41) is 0. The molecule has 0 saturated carbocycles. The highest BCUT2D eigenvalue weighted by molar-refractivity contribution is 5.98. The third kappa shape index (κ3) is 1.93. The van der Waals surface area contributed by atoms with Crippen molar-refractivity contribution in [2.75, 3.05) is 25.0 Å². The van der Waals surface area contributed by atoms with Gasteiger partial charge in [0.15, 0.2) is 0 Å². The van der Waals surface area contributed by atoms with Gasteiger partial charge < -0.3 is 4.90 Å². The summed E-state index contributed by atoms with van der Waals surface area (Å²) in [6.07, 6.45) is 4.33. The van der Waals surface area contributed by atoms with Gasteiger partial charge in [0, 0.05) is 12.2 Å². The number of likely N-dealkylation sites (tertiary alicyclic amines) is 1. The van der Waals surface area contributed by atoms with E-state index in [0.29, 0.717) is 5.91 Å². The van der Waals surface area contributed by atoms with Crippen molar-refractivity contribution in [2.24, 2.45) is 0 Å². The Morgan fingerprint density at radius 3 is 2.83 bits per heavy atom. The van der Waals surface area contributed by atoms with Crippen molar-refractivity contribution >= 4 is 11.6 Å². The summed E-state index contributed by atoms with van der Waals surface area (Å²) in [5.74, 6) is 0.294. The molecule has 3 rings (SSSR count). The Bertz CT molecular complexity index is 458. The summed E-state index contributed by atoms with van der Waals surface area (Å²) in [6, 6.07) is 8.42. The van der Waals surface area contributed by atoms with Gasteiger partial charge in [0.2, 0.25) is 5.91 Å². The van der Waals surface area contributed by atoms with E-state index in [0.717, 1.165) is 44.5 Å². The quantitative estimate of drug-likeness (QED) is 0.755. The van der Waals surface area contributed by atoms with E-state index in [-0.39, 0.29) is 6.04 Å². The number of aryl methyl sites for hydroxylation is 1. The summed E-state index contributed by atoms with van der Waals surface area (Å²) in [4.78, 5) is 16.9. The van der Waals surface area contributed by atoms with E-state index in [4.69, 9.17) is 0 Å². The van der Waals surface area contributed by atoms with Gasteiger partial charge >= 0.3 is 0 Å². The number of anilines is 1. The van der Waals surface area contributed by atoms with Gasteiger partial charge in [-0.05, 0) is 50.9 Å². The number of hydrogen-bond acceptors (Lipinski definition) is 2. The predicted octanol–water partition coefficient (Wildman–Crippen LogP) is 2.06. The standard InChI is InChI=1S/C15H20N2O/c1-16-10-5-9-14(16)15(18)17-11-4-7-12-6-2-3-8-13(12)17/h2-3,6,8,14H,4-5,7,9-11H2,1H3. The van der Waals surface area contributed by atoms with Crippen LogP contribution < -0.4 is 4.90 Å². The van der Waals surface area contributed by atoms with Crippen LogP contribution in [0.15, 0.2) is 24.3 Å². The topological polar surface area (TPSA) is 23.6 Å². The molecule has 3 nitrogen and oxygen atoms in total. The molecule has 96 valence electrons. The Balaban J connectivity index is 1.87. The number of hydrogen-bond donors (Lipinski definition) is 0. The van der Waals surface area contributed by atoms with Gasteiger partial charge in [0.1, 0.15) is 0 Å². The Hall–Kier alpha value is -1.35. The second-order valence-corrected chi connectivity index (χ2v) is 5.36. The lowest BCUT2D eigenvalue weighted by Gasteiger charge is -2.33. The van der Waals surface area contributed by atoms with E-state index >= 15 is 0 Å². The highest BCUT2D eigenvalue weighted by atomic mass is 16.2. The second-order valence-electron chi connectivity index (χ2n) is 5.36. The Labute approximate surface area is 108 Å². The molecular formula is C15H20N2O. The maximum absolute atomic E-state index is 12.7. The third-order valence-electron chi connectivity index (χ3n) is 4.18. The predicted molar refractivity (Wildman–Crippen MR) is 72.8 cm³/mol. The van der Waals surface area contributed by atoms with Gasteiger partial charge in [-0.25, -0.2) is 0 Å². The van der Waals surface area contributed by atoms with Crippen LogP contribution in [0.3, 0.4) is 0 Å². The number of likely N-dealkylation sites (N-methyl/N-ethyl adjacent to an activating group) is 1. The minimum Gasteiger partial charge on any atom is -0.311 e. The van der Waals surface area contributed by atoms with E-state index < -0.39 is 0 Å². The fourth-order valence-electron chi connectivity index (χ4n) is 3.16. The van der Waals surface area contributed by atoms with Crippen LogP contribution in [0.1, 0.15) is 24.8 Å². The smallest absolute Gasteiger partial charge is 0.244 e. The maximum atomic E-state index is 12.7. The van der Waals surface area contributed by atoms with Crippen molar-refractivity contribution < 1.29 is 4.79 Å². The van der Waals surface area contributed by atoms with E-state index in [2.05, 4.69) is 30.1 Å². The first-order valence-electron chi connectivity index (χ1n) is 6.87. The second kappa shape index (κ2) is 4.73. The Morgan fingerprint density at radius 1 is 1.22 bits per heavy atom. The molecule has 0 N–H and O–H groups in total. The van der Waals surface area contributed by atoms with Crippen LogP contribution in [0.25, 0.3) is 0 Å². The SMILES string of the molecule is CN1CCCC1C(=O)N1CCCc2ccccc21.